The van der Waals surface area contributed by atoms with Gasteiger partial charge in [-0.1, -0.05) is 57.0 Å². The highest BCUT2D eigenvalue weighted by molar-refractivity contribution is 6.39. The summed E-state index contributed by atoms with van der Waals surface area (Å²) < 4.78 is 5.14. The number of nitrogens with zero attached hydrogens (tertiary/aromatic N) is 1. The first kappa shape index (κ1) is 31.5. The van der Waals surface area contributed by atoms with Crippen LogP contribution in [0.1, 0.15) is 63.7 Å². The number of ether oxygens (including phenoxy) is 1. The van der Waals surface area contributed by atoms with Gasteiger partial charge in [-0.3, -0.25) is 24.2 Å². The summed E-state index contributed by atoms with van der Waals surface area (Å²) in [5, 5.41) is 6.89. The molecule has 1 saturated heterocycles. The van der Waals surface area contributed by atoms with Crippen molar-refractivity contribution in [3.63, 3.8) is 0 Å². The normalized spacial score (nSPS) is 16.2. The van der Waals surface area contributed by atoms with Crippen LogP contribution in [0.5, 0.6) is 0 Å². The highest BCUT2D eigenvalue weighted by atomic mass is 35.5. The number of carbonyl (C=O) groups excluding carboxylic acids is 5. The molecule has 0 aromatic heterocycles. The van der Waals surface area contributed by atoms with E-state index in [0.29, 0.717) is 25.8 Å². The van der Waals surface area contributed by atoms with E-state index in [1.54, 1.807) is 19.9 Å². The van der Waals surface area contributed by atoms with Crippen LogP contribution in [-0.2, 0) is 23.9 Å². The van der Waals surface area contributed by atoms with Crippen molar-refractivity contribution in [2.75, 3.05) is 19.7 Å². The van der Waals surface area contributed by atoms with Crippen molar-refractivity contribution in [1.29, 1.82) is 0 Å². The molecule has 0 radical (unpaired) electrons. The van der Waals surface area contributed by atoms with Crippen molar-refractivity contribution in [2.45, 2.75) is 65.5 Å². The summed E-state index contributed by atoms with van der Waals surface area (Å²) in [6, 6.07) is 2.75. The van der Waals surface area contributed by atoms with Gasteiger partial charge in [0, 0.05) is 25.9 Å². The van der Waals surface area contributed by atoms with Crippen LogP contribution in [-0.4, -0.2) is 66.3 Å². The summed E-state index contributed by atoms with van der Waals surface area (Å²) >= 11 is 12.1. The second kappa shape index (κ2) is 15.0. The zero-order valence-corrected chi connectivity index (χ0v) is 23.7. The number of hydrazine groups is 1. The number of nitrogens with one attached hydrogen (secondary N) is 3. The molecule has 2 unspecified atom stereocenters. The number of ketones is 1. The number of Topliss-reactive ketones (excluding diaryl/α,β-unsaturated/α-hetero) is 1. The van der Waals surface area contributed by atoms with Gasteiger partial charge in [0.25, 0.3) is 0 Å². The van der Waals surface area contributed by atoms with Crippen LogP contribution < -0.4 is 16.1 Å². The zero-order chi connectivity index (χ0) is 28.4. The Hall–Kier alpha value is -2.69. The number of hydrogen-bond donors (Lipinski definition) is 3. The lowest BCUT2D eigenvalue weighted by Gasteiger charge is -2.36. The minimum Gasteiger partial charge on any atom is -0.454 e. The number of halogens is 2. The molecule has 12 heteroatoms. The monoisotopic (exact) mass is 570 g/mol. The van der Waals surface area contributed by atoms with Gasteiger partial charge in [0.2, 0.25) is 17.7 Å². The van der Waals surface area contributed by atoms with E-state index in [9.17, 15) is 24.0 Å². The van der Waals surface area contributed by atoms with Crippen LogP contribution in [0.15, 0.2) is 18.2 Å². The third-order valence-electron chi connectivity index (χ3n) is 5.90. The highest BCUT2D eigenvalue weighted by Gasteiger charge is 2.35. The highest BCUT2D eigenvalue weighted by Crippen LogP contribution is 2.25. The molecule has 10 nitrogen and oxygen atoms in total. The van der Waals surface area contributed by atoms with Gasteiger partial charge in [0.15, 0.2) is 12.4 Å². The minimum atomic E-state index is -0.953. The molecule has 1 aliphatic rings. The lowest BCUT2D eigenvalue weighted by atomic mass is 9.98. The van der Waals surface area contributed by atoms with Crippen molar-refractivity contribution >= 4 is 52.7 Å². The summed E-state index contributed by atoms with van der Waals surface area (Å²) in [4.78, 5) is 63.2. The molecular weight excluding hydrogens is 535 g/mol. The van der Waals surface area contributed by atoms with E-state index >= 15 is 0 Å². The molecule has 0 spiro atoms. The van der Waals surface area contributed by atoms with Gasteiger partial charge in [-0.05, 0) is 36.8 Å². The number of carbonyl (C=O) groups is 5. The van der Waals surface area contributed by atoms with Gasteiger partial charge >= 0.3 is 5.97 Å². The largest absolute Gasteiger partial charge is 0.454 e. The SMILES string of the molecule is CC(C)CC(=O)NCCC(=O)N1NCCCC1C(=O)NC(C(=O)COC(=O)c1c(Cl)cccc1Cl)C(C)C. The van der Waals surface area contributed by atoms with Crippen LogP contribution in [0.25, 0.3) is 0 Å². The van der Waals surface area contributed by atoms with E-state index in [1.807, 2.05) is 13.8 Å². The first-order valence-corrected chi connectivity index (χ1v) is 13.4. The van der Waals surface area contributed by atoms with E-state index < -0.39 is 36.4 Å². The Labute approximate surface area is 233 Å². The number of hydrogen-bond acceptors (Lipinski definition) is 7. The van der Waals surface area contributed by atoms with Crippen molar-refractivity contribution in [3.05, 3.63) is 33.8 Å². The van der Waals surface area contributed by atoms with Crippen LogP contribution in [0.3, 0.4) is 0 Å². The summed E-state index contributed by atoms with van der Waals surface area (Å²) in [7, 11) is 0. The van der Waals surface area contributed by atoms with Gasteiger partial charge in [-0.15, -0.1) is 0 Å². The maximum atomic E-state index is 13.2. The number of esters is 1. The van der Waals surface area contributed by atoms with Crippen molar-refractivity contribution < 1.29 is 28.7 Å². The van der Waals surface area contributed by atoms with Crippen molar-refractivity contribution in [3.8, 4) is 0 Å². The number of amides is 3. The zero-order valence-electron chi connectivity index (χ0n) is 22.1. The molecule has 1 fully saturated rings. The summed E-state index contributed by atoms with van der Waals surface area (Å²) in [6.07, 6.45) is 1.45. The Morgan fingerprint density at radius 3 is 2.37 bits per heavy atom. The van der Waals surface area contributed by atoms with Gasteiger partial charge in [-0.25, -0.2) is 10.2 Å². The fraction of sp³-hybridized carbons (Fsp3) is 0.577. The lowest BCUT2D eigenvalue weighted by molar-refractivity contribution is -0.147. The molecule has 1 aromatic carbocycles. The van der Waals surface area contributed by atoms with Gasteiger partial charge in [0.05, 0.1) is 21.7 Å². The Morgan fingerprint density at radius 2 is 1.76 bits per heavy atom. The van der Waals surface area contributed by atoms with Gasteiger partial charge in [-0.2, -0.15) is 0 Å². The quantitative estimate of drug-likeness (QED) is 0.329. The molecular formula is C26H36Cl2N4O6. The Balaban J connectivity index is 1.98. The van der Waals surface area contributed by atoms with Crippen LogP contribution >= 0.6 is 23.2 Å². The van der Waals surface area contributed by atoms with E-state index in [0.717, 1.165) is 0 Å². The molecule has 0 bridgehead atoms. The molecule has 1 aromatic rings. The topological polar surface area (TPSA) is 134 Å². The summed E-state index contributed by atoms with van der Waals surface area (Å²) in [5.41, 5.74) is 2.91. The van der Waals surface area contributed by atoms with E-state index in [4.69, 9.17) is 27.9 Å². The molecule has 2 atom stereocenters. The van der Waals surface area contributed by atoms with Crippen LogP contribution in [0.2, 0.25) is 10.0 Å². The maximum Gasteiger partial charge on any atom is 0.341 e. The van der Waals surface area contributed by atoms with Crippen LogP contribution in [0, 0.1) is 11.8 Å². The van der Waals surface area contributed by atoms with E-state index in [-0.39, 0.29) is 52.2 Å². The second-order valence-corrected chi connectivity index (χ2v) is 10.7. The van der Waals surface area contributed by atoms with Crippen LogP contribution in [0.4, 0.5) is 0 Å². The van der Waals surface area contributed by atoms with E-state index in [1.165, 1.54) is 17.1 Å². The first-order chi connectivity index (χ1) is 17.9. The summed E-state index contributed by atoms with van der Waals surface area (Å²) in [5.74, 6) is -2.45. The minimum absolute atomic E-state index is 0.0215. The van der Waals surface area contributed by atoms with Crippen molar-refractivity contribution in [2.24, 2.45) is 11.8 Å². The standard InChI is InChI=1S/C26H36Cl2N4O6/c1-15(2)13-21(34)29-12-10-22(35)32-19(9-6-11-30-32)25(36)31-24(16(3)4)20(33)14-38-26(37)23-17(27)7-5-8-18(23)28/h5,7-8,15-16,19,24,30H,6,9-14H2,1-4H3,(H,29,34)(H,31,36). The molecule has 0 saturated carbocycles. The predicted octanol–water partition coefficient (Wildman–Crippen LogP) is 2.91. The predicted molar refractivity (Wildman–Crippen MR) is 143 cm³/mol. The molecule has 38 heavy (non-hydrogen) atoms. The van der Waals surface area contributed by atoms with Crippen molar-refractivity contribution in [1.82, 2.24) is 21.1 Å². The molecule has 2 rings (SSSR count). The van der Waals surface area contributed by atoms with Gasteiger partial charge < -0.3 is 15.4 Å². The molecule has 1 heterocycles. The molecule has 210 valence electrons. The number of benzene rings is 1. The lowest BCUT2D eigenvalue weighted by Crippen LogP contribution is -2.61. The molecule has 1 aliphatic heterocycles. The van der Waals surface area contributed by atoms with E-state index in [2.05, 4.69) is 16.1 Å². The molecule has 0 aliphatic carbocycles. The fourth-order valence-corrected chi connectivity index (χ4v) is 4.53. The smallest absolute Gasteiger partial charge is 0.341 e. The van der Waals surface area contributed by atoms with Gasteiger partial charge in [0.1, 0.15) is 6.04 Å². The second-order valence-electron chi connectivity index (χ2n) is 9.90. The first-order valence-electron chi connectivity index (χ1n) is 12.7. The summed E-state index contributed by atoms with van der Waals surface area (Å²) in [6.45, 7) is 7.44. The average molecular weight is 572 g/mol. The maximum absolute atomic E-state index is 13.2. The third-order valence-corrected chi connectivity index (χ3v) is 6.53. The number of rotatable bonds is 12. The average Bonchev–Trinajstić information content (AvgIpc) is 2.84. The third kappa shape index (κ3) is 9.25. The fourth-order valence-electron chi connectivity index (χ4n) is 3.98. The Kier molecular flexibility index (Phi) is 12.5. The Morgan fingerprint density at radius 1 is 1.11 bits per heavy atom. The molecule has 3 amide bonds. The Bertz CT molecular complexity index is 1010. The molecule has 3 N–H and O–H groups in total.